The van der Waals surface area contributed by atoms with Gasteiger partial charge in [0.05, 0.1) is 23.7 Å². The number of hydrogen-bond acceptors (Lipinski definition) is 3. The maximum absolute atomic E-state index is 12.7. The van der Waals surface area contributed by atoms with Gasteiger partial charge in [0.25, 0.3) is 0 Å². The molecule has 1 amide bonds. The molecular weight excluding hydrogens is 315 g/mol. The second-order valence-electron chi connectivity index (χ2n) is 5.41. The van der Waals surface area contributed by atoms with Crippen LogP contribution in [-0.2, 0) is 20.5 Å². The van der Waals surface area contributed by atoms with Crippen LogP contribution in [0.2, 0.25) is 0 Å². The highest BCUT2D eigenvalue weighted by Crippen LogP contribution is 2.40. The van der Waals surface area contributed by atoms with Gasteiger partial charge in [-0.05, 0) is 18.2 Å². The summed E-state index contributed by atoms with van der Waals surface area (Å²) in [6.45, 7) is 0. The van der Waals surface area contributed by atoms with Crippen molar-refractivity contribution < 1.29 is 32.6 Å². The largest absolute Gasteiger partial charge is 0.481 e. The number of ether oxygens (including phenoxy) is 1. The number of aliphatic carboxylic acids is 1. The van der Waals surface area contributed by atoms with Gasteiger partial charge >= 0.3 is 12.1 Å². The molecule has 2 bridgehead atoms. The Balaban J connectivity index is 1.80. The molecule has 0 saturated carbocycles. The predicted molar refractivity (Wildman–Crippen MR) is 72.5 cm³/mol. The summed E-state index contributed by atoms with van der Waals surface area (Å²) in [6, 6.07) is 4.17. The van der Waals surface area contributed by atoms with E-state index in [0.717, 1.165) is 12.1 Å². The zero-order chi connectivity index (χ0) is 16.8. The first-order valence-corrected chi connectivity index (χ1v) is 6.82. The number of hydrogen-bond donors (Lipinski definition) is 2. The van der Waals surface area contributed by atoms with Crippen molar-refractivity contribution >= 4 is 17.6 Å². The summed E-state index contributed by atoms with van der Waals surface area (Å²) in [4.78, 5) is 23.6. The van der Waals surface area contributed by atoms with E-state index in [0.29, 0.717) is 0 Å². The molecule has 2 N–H and O–H groups in total. The third-order valence-corrected chi connectivity index (χ3v) is 3.94. The number of halogens is 3. The summed E-state index contributed by atoms with van der Waals surface area (Å²) in [7, 11) is 0. The highest BCUT2D eigenvalue weighted by molar-refractivity contribution is 5.96. The summed E-state index contributed by atoms with van der Waals surface area (Å²) >= 11 is 0. The van der Waals surface area contributed by atoms with Crippen molar-refractivity contribution in [3.8, 4) is 0 Å². The number of fused-ring (bicyclic) bond motifs is 2. The van der Waals surface area contributed by atoms with Gasteiger partial charge in [0.15, 0.2) is 0 Å². The molecule has 3 rings (SSSR count). The zero-order valence-corrected chi connectivity index (χ0v) is 11.6. The molecule has 2 heterocycles. The normalized spacial score (nSPS) is 28.8. The first-order valence-electron chi connectivity index (χ1n) is 6.82. The fraction of sp³-hybridized carbons (Fsp3) is 0.333. The van der Waals surface area contributed by atoms with Gasteiger partial charge in [-0.2, -0.15) is 13.2 Å². The van der Waals surface area contributed by atoms with Crippen molar-refractivity contribution in [3.05, 3.63) is 42.0 Å². The van der Waals surface area contributed by atoms with Gasteiger partial charge < -0.3 is 15.2 Å². The molecule has 5 nitrogen and oxygen atoms in total. The lowest BCUT2D eigenvalue weighted by Crippen LogP contribution is -2.39. The third kappa shape index (κ3) is 2.81. The van der Waals surface area contributed by atoms with E-state index in [2.05, 4.69) is 5.32 Å². The topological polar surface area (TPSA) is 75.6 Å². The molecule has 1 aromatic rings. The van der Waals surface area contributed by atoms with Crippen molar-refractivity contribution in [2.24, 2.45) is 11.8 Å². The Morgan fingerprint density at radius 1 is 1.13 bits per heavy atom. The molecule has 8 heteroatoms. The Labute approximate surface area is 128 Å². The number of carboxylic acid groups (broad SMARTS) is 1. The molecule has 1 fully saturated rings. The van der Waals surface area contributed by atoms with Crippen molar-refractivity contribution in [1.29, 1.82) is 0 Å². The summed E-state index contributed by atoms with van der Waals surface area (Å²) in [6.07, 6.45) is -2.71. The maximum Gasteiger partial charge on any atom is 0.416 e. The van der Waals surface area contributed by atoms with Gasteiger partial charge in [0, 0.05) is 5.69 Å². The average molecular weight is 327 g/mol. The van der Waals surface area contributed by atoms with E-state index in [-0.39, 0.29) is 5.69 Å². The van der Waals surface area contributed by atoms with E-state index < -0.39 is 47.7 Å². The highest BCUT2D eigenvalue weighted by atomic mass is 19.4. The predicted octanol–water partition coefficient (Wildman–Crippen LogP) is 2.30. The lowest BCUT2D eigenvalue weighted by Gasteiger charge is -2.21. The molecule has 0 aromatic heterocycles. The van der Waals surface area contributed by atoms with Gasteiger partial charge in [-0.15, -0.1) is 0 Å². The third-order valence-electron chi connectivity index (χ3n) is 3.94. The molecule has 122 valence electrons. The second kappa shape index (κ2) is 5.38. The van der Waals surface area contributed by atoms with E-state index in [1.54, 1.807) is 12.2 Å². The monoisotopic (exact) mass is 327 g/mol. The number of amides is 1. The van der Waals surface area contributed by atoms with Crippen LogP contribution in [0.4, 0.5) is 18.9 Å². The van der Waals surface area contributed by atoms with Gasteiger partial charge in [-0.3, -0.25) is 9.59 Å². The van der Waals surface area contributed by atoms with Crippen molar-refractivity contribution in [2.45, 2.75) is 18.4 Å². The molecule has 2 aliphatic heterocycles. The van der Waals surface area contributed by atoms with Gasteiger partial charge in [0.1, 0.15) is 5.92 Å². The summed E-state index contributed by atoms with van der Waals surface area (Å²) in [5, 5.41) is 11.6. The SMILES string of the molecule is O=C(Nc1cccc(C(F)(F)F)c1)[C@@H]1[C@H](C(=O)O)[C@@H]2C=C[C@H]1O2. The highest BCUT2D eigenvalue weighted by Gasteiger charge is 2.53. The standard InChI is InChI=1S/C15H12F3NO4/c16-15(17,18)7-2-1-3-8(6-7)19-13(20)11-9-4-5-10(23-9)12(11)14(21)22/h1-6,9-12H,(H,19,20)(H,21,22)/t9-,10+,11+,12-/m1/s1. The molecular formula is C15H12F3NO4. The maximum atomic E-state index is 12.7. The van der Waals surface area contributed by atoms with Gasteiger partial charge in [0.2, 0.25) is 5.91 Å². The van der Waals surface area contributed by atoms with Crippen LogP contribution in [-0.4, -0.2) is 29.2 Å². The number of carbonyl (C=O) groups excluding carboxylic acids is 1. The molecule has 0 spiro atoms. The van der Waals surface area contributed by atoms with Crippen molar-refractivity contribution in [1.82, 2.24) is 0 Å². The molecule has 4 atom stereocenters. The Hall–Kier alpha value is -2.35. The number of anilines is 1. The molecule has 0 radical (unpaired) electrons. The van der Waals surface area contributed by atoms with Crippen LogP contribution in [0.25, 0.3) is 0 Å². The van der Waals surface area contributed by atoms with Gasteiger partial charge in [-0.25, -0.2) is 0 Å². The van der Waals surface area contributed by atoms with E-state index in [9.17, 15) is 27.9 Å². The lowest BCUT2D eigenvalue weighted by molar-refractivity contribution is -0.145. The van der Waals surface area contributed by atoms with Crippen LogP contribution < -0.4 is 5.32 Å². The number of alkyl halides is 3. The molecule has 0 unspecified atom stereocenters. The Morgan fingerprint density at radius 2 is 1.78 bits per heavy atom. The number of nitrogens with one attached hydrogen (secondary N) is 1. The molecule has 2 aliphatic rings. The van der Waals surface area contributed by atoms with Crippen LogP contribution in [0.1, 0.15) is 5.56 Å². The quantitative estimate of drug-likeness (QED) is 0.835. The Bertz CT molecular complexity index is 686. The lowest BCUT2D eigenvalue weighted by atomic mass is 9.82. The minimum Gasteiger partial charge on any atom is -0.481 e. The van der Waals surface area contributed by atoms with E-state index in [1.165, 1.54) is 12.1 Å². The minimum atomic E-state index is -4.53. The number of carbonyl (C=O) groups is 2. The van der Waals surface area contributed by atoms with Crippen LogP contribution in [0.5, 0.6) is 0 Å². The van der Waals surface area contributed by atoms with Gasteiger partial charge in [-0.1, -0.05) is 18.2 Å². The van der Waals surface area contributed by atoms with Crippen LogP contribution in [0, 0.1) is 11.8 Å². The van der Waals surface area contributed by atoms with Crippen LogP contribution >= 0.6 is 0 Å². The second-order valence-corrected chi connectivity index (χ2v) is 5.41. The minimum absolute atomic E-state index is 0.0410. The van der Waals surface area contributed by atoms with E-state index in [1.807, 2.05) is 0 Å². The number of carboxylic acids is 1. The first kappa shape index (κ1) is 15.5. The van der Waals surface area contributed by atoms with Crippen LogP contribution in [0.3, 0.4) is 0 Å². The number of benzene rings is 1. The summed E-state index contributed by atoms with van der Waals surface area (Å²) in [5.74, 6) is -3.87. The van der Waals surface area contributed by atoms with Crippen molar-refractivity contribution in [3.63, 3.8) is 0 Å². The Kier molecular flexibility index (Phi) is 3.63. The summed E-state index contributed by atoms with van der Waals surface area (Å²) in [5.41, 5.74) is -0.935. The molecule has 1 aromatic carbocycles. The summed E-state index contributed by atoms with van der Waals surface area (Å²) < 4.78 is 43.4. The fourth-order valence-corrected chi connectivity index (χ4v) is 2.91. The van der Waals surface area contributed by atoms with E-state index >= 15 is 0 Å². The van der Waals surface area contributed by atoms with E-state index in [4.69, 9.17) is 4.74 Å². The zero-order valence-electron chi connectivity index (χ0n) is 11.6. The van der Waals surface area contributed by atoms with Crippen LogP contribution in [0.15, 0.2) is 36.4 Å². The van der Waals surface area contributed by atoms with Crippen molar-refractivity contribution in [2.75, 3.05) is 5.32 Å². The first-order chi connectivity index (χ1) is 10.8. The molecule has 1 saturated heterocycles. The Morgan fingerprint density at radius 3 is 2.39 bits per heavy atom. The number of rotatable bonds is 3. The fourth-order valence-electron chi connectivity index (χ4n) is 2.91. The molecule has 23 heavy (non-hydrogen) atoms. The average Bonchev–Trinajstić information content (AvgIpc) is 3.07. The smallest absolute Gasteiger partial charge is 0.416 e. The molecule has 0 aliphatic carbocycles.